The molecule has 5 N–H and O–H groups in total. The van der Waals surface area contributed by atoms with Crippen molar-refractivity contribution < 1.29 is 9.18 Å². The zero-order valence-corrected chi connectivity index (χ0v) is 18.7. The fraction of sp³-hybridized carbons (Fsp3) is 0.167. The number of carbonyl (C=O) groups is 1. The molecule has 0 spiro atoms. The van der Waals surface area contributed by atoms with Gasteiger partial charge in [-0.3, -0.25) is 4.79 Å². The topological polar surface area (TPSA) is 120 Å². The van der Waals surface area contributed by atoms with Crippen LogP contribution >= 0.6 is 0 Å². The molecule has 0 aliphatic rings. The average molecular weight is 450 g/mol. The van der Waals surface area contributed by atoms with E-state index in [0.29, 0.717) is 29.3 Å². The number of nitrogen functional groups attached to an aromatic ring is 1. The van der Waals surface area contributed by atoms with Gasteiger partial charge in [-0.15, -0.1) is 6.58 Å². The molecule has 0 bridgehead atoms. The molecule has 3 rings (SSSR count). The molecule has 0 saturated carbocycles. The van der Waals surface area contributed by atoms with Gasteiger partial charge < -0.3 is 26.7 Å². The van der Waals surface area contributed by atoms with Gasteiger partial charge in [-0.2, -0.15) is 0 Å². The van der Waals surface area contributed by atoms with Crippen LogP contribution in [0.2, 0.25) is 0 Å². The standard InChI is InChI=1S/C21H22FN7O.C3H6/c1-25-18-11-14(7-8-16(18)22)28-20-19(26-12-27-21(20)24)17(23)9-10-29(13-30)15-5-3-2-4-6-15;1-3-2/h2-8,11-13,23,25,28H,9-10H2,1H3,(H2,24,26,27);3H,1H2,2H3. The maximum atomic E-state index is 13.7. The minimum Gasteiger partial charge on any atom is -0.386 e. The Bertz CT molecular complexity index is 1090. The smallest absolute Gasteiger partial charge is 0.214 e. The fourth-order valence-electron chi connectivity index (χ4n) is 2.90. The second kappa shape index (κ2) is 12.6. The van der Waals surface area contributed by atoms with E-state index in [4.69, 9.17) is 11.1 Å². The van der Waals surface area contributed by atoms with E-state index >= 15 is 0 Å². The molecule has 0 saturated heterocycles. The van der Waals surface area contributed by atoms with E-state index in [9.17, 15) is 9.18 Å². The second-order valence-electron chi connectivity index (χ2n) is 6.82. The quantitative estimate of drug-likeness (QED) is 0.215. The van der Waals surface area contributed by atoms with E-state index < -0.39 is 0 Å². The first kappa shape index (κ1) is 25.0. The van der Waals surface area contributed by atoms with E-state index in [1.807, 2.05) is 37.3 Å². The Hall–Kier alpha value is -4.27. The van der Waals surface area contributed by atoms with E-state index in [0.717, 1.165) is 12.1 Å². The monoisotopic (exact) mass is 449 g/mol. The third-order valence-electron chi connectivity index (χ3n) is 4.49. The summed E-state index contributed by atoms with van der Waals surface area (Å²) >= 11 is 0. The molecule has 33 heavy (non-hydrogen) atoms. The lowest BCUT2D eigenvalue weighted by atomic mass is 10.1. The second-order valence-corrected chi connectivity index (χ2v) is 6.82. The Morgan fingerprint density at radius 3 is 2.58 bits per heavy atom. The van der Waals surface area contributed by atoms with Gasteiger partial charge >= 0.3 is 0 Å². The SMILES string of the molecule is C=CC.CNc1cc(Nc2c(N)ncnc2C(=N)CCN(C=O)c2ccccc2)ccc1F. The van der Waals surface area contributed by atoms with Crippen molar-refractivity contribution in [2.75, 3.05) is 34.9 Å². The van der Waals surface area contributed by atoms with Crippen molar-refractivity contribution in [2.45, 2.75) is 13.3 Å². The van der Waals surface area contributed by atoms with Crippen LogP contribution in [0.5, 0.6) is 0 Å². The minimum absolute atomic E-state index is 0.162. The van der Waals surface area contributed by atoms with E-state index in [-0.39, 0.29) is 23.8 Å². The lowest BCUT2D eigenvalue weighted by molar-refractivity contribution is -0.107. The molecule has 0 fully saturated rings. The molecule has 8 nitrogen and oxygen atoms in total. The van der Waals surface area contributed by atoms with E-state index in [1.165, 1.54) is 17.3 Å². The van der Waals surface area contributed by atoms with Crippen LogP contribution < -0.4 is 21.3 Å². The number of carbonyl (C=O) groups excluding carboxylic acids is 1. The maximum Gasteiger partial charge on any atom is 0.214 e. The Labute approximate surface area is 192 Å². The number of nitrogens with one attached hydrogen (secondary N) is 3. The summed E-state index contributed by atoms with van der Waals surface area (Å²) in [6.45, 7) is 5.55. The van der Waals surface area contributed by atoms with Crippen molar-refractivity contribution in [2.24, 2.45) is 0 Å². The van der Waals surface area contributed by atoms with E-state index in [1.54, 1.807) is 25.3 Å². The van der Waals surface area contributed by atoms with Gasteiger partial charge in [-0.05, 0) is 37.3 Å². The van der Waals surface area contributed by atoms with Crippen LogP contribution in [0.1, 0.15) is 19.0 Å². The number of rotatable bonds is 9. The molecule has 0 atom stereocenters. The summed E-state index contributed by atoms with van der Waals surface area (Å²) < 4.78 is 13.7. The molecule has 172 valence electrons. The van der Waals surface area contributed by atoms with Crippen molar-refractivity contribution in [3.8, 4) is 0 Å². The number of amides is 1. The highest BCUT2D eigenvalue weighted by molar-refractivity contribution is 6.04. The van der Waals surface area contributed by atoms with Gasteiger partial charge in [0.25, 0.3) is 0 Å². The molecule has 1 amide bonds. The Kier molecular flexibility index (Phi) is 9.51. The summed E-state index contributed by atoms with van der Waals surface area (Å²) in [6, 6.07) is 13.6. The van der Waals surface area contributed by atoms with Crippen LogP contribution in [-0.4, -0.2) is 35.7 Å². The molecular weight excluding hydrogens is 421 g/mol. The van der Waals surface area contributed by atoms with Gasteiger partial charge in [0.15, 0.2) is 5.82 Å². The molecule has 1 heterocycles. The highest BCUT2D eigenvalue weighted by atomic mass is 19.1. The number of para-hydroxylation sites is 1. The molecule has 1 aromatic heterocycles. The van der Waals surface area contributed by atoms with Crippen LogP contribution in [0, 0.1) is 11.2 Å². The molecule has 0 aliphatic heterocycles. The maximum absolute atomic E-state index is 13.7. The zero-order chi connectivity index (χ0) is 24.2. The van der Waals surface area contributed by atoms with E-state index in [2.05, 4.69) is 27.2 Å². The normalized spacial score (nSPS) is 9.79. The lowest BCUT2D eigenvalue weighted by Crippen LogP contribution is -2.25. The third-order valence-corrected chi connectivity index (χ3v) is 4.49. The van der Waals surface area contributed by atoms with Crippen LogP contribution in [0.4, 0.5) is 33.0 Å². The van der Waals surface area contributed by atoms with Crippen molar-refractivity contribution >= 4 is 40.7 Å². The first-order valence-corrected chi connectivity index (χ1v) is 10.2. The zero-order valence-electron chi connectivity index (χ0n) is 18.7. The van der Waals surface area contributed by atoms with Gasteiger partial charge in [0.1, 0.15) is 23.5 Å². The number of benzene rings is 2. The van der Waals surface area contributed by atoms with Crippen molar-refractivity contribution in [1.29, 1.82) is 5.41 Å². The summed E-state index contributed by atoms with van der Waals surface area (Å²) in [5.41, 5.74) is 8.49. The highest BCUT2D eigenvalue weighted by Crippen LogP contribution is 2.28. The van der Waals surface area contributed by atoms with Gasteiger partial charge in [-0.25, -0.2) is 14.4 Å². The highest BCUT2D eigenvalue weighted by Gasteiger charge is 2.16. The fourth-order valence-corrected chi connectivity index (χ4v) is 2.90. The molecule has 0 radical (unpaired) electrons. The summed E-state index contributed by atoms with van der Waals surface area (Å²) in [6.07, 6.45) is 4.01. The van der Waals surface area contributed by atoms with Crippen LogP contribution in [0.25, 0.3) is 0 Å². The third kappa shape index (κ3) is 6.86. The van der Waals surface area contributed by atoms with Gasteiger partial charge in [0, 0.05) is 31.4 Å². The Morgan fingerprint density at radius 2 is 1.94 bits per heavy atom. The molecule has 9 heteroatoms. The number of aromatic nitrogens is 2. The van der Waals surface area contributed by atoms with Gasteiger partial charge in [-0.1, -0.05) is 24.3 Å². The number of hydrogen-bond acceptors (Lipinski definition) is 7. The molecular formula is C24H28FN7O. The molecule has 0 unspecified atom stereocenters. The lowest BCUT2D eigenvalue weighted by Gasteiger charge is -2.18. The summed E-state index contributed by atoms with van der Waals surface area (Å²) in [5.74, 6) is -0.224. The van der Waals surface area contributed by atoms with Crippen LogP contribution in [0.15, 0.2) is 67.5 Å². The molecule has 2 aromatic carbocycles. The van der Waals surface area contributed by atoms with Crippen molar-refractivity contribution in [1.82, 2.24) is 9.97 Å². The largest absolute Gasteiger partial charge is 0.386 e. The number of anilines is 5. The number of hydrogen-bond donors (Lipinski definition) is 4. The molecule has 3 aromatic rings. The van der Waals surface area contributed by atoms with Gasteiger partial charge in [0.05, 0.1) is 11.4 Å². The average Bonchev–Trinajstić information content (AvgIpc) is 2.83. The van der Waals surface area contributed by atoms with Gasteiger partial charge in [0.2, 0.25) is 6.41 Å². The first-order valence-electron chi connectivity index (χ1n) is 10.2. The molecule has 0 aliphatic carbocycles. The van der Waals surface area contributed by atoms with Crippen LogP contribution in [0.3, 0.4) is 0 Å². The Balaban J connectivity index is 0.00000122. The minimum atomic E-state index is -0.386. The summed E-state index contributed by atoms with van der Waals surface area (Å²) in [4.78, 5) is 21.2. The Morgan fingerprint density at radius 1 is 1.24 bits per heavy atom. The summed E-state index contributed by atoms with van der Waals surface area (Å²) in [7, 11) is 1.62. The summed E-state index contributed by atoms with van der Waals surface area (Å²) in [5, 5.41) is 14.3. The number of allylic oxidation sites excluding steroid dienone is 1. The predicted molar refractivity (Wildman–Crippen MR) is 133 cm³/mol. The van der Waals surface area contributed by atoms with Crippen LogP contribution in [-0.2, 0) is 4.79 Å². The number of halogens is 1. The number of nitrogens with two attached hydrogens (primary N) is 1. The van der Waals surface area contributed by atoms with Crippen molar-refractivity contribution in [3.05, 3.63) is 79.0 Å². The van der Waals surface area contributed by atoms with Crippen molar-refractivity contribution in [3.63, 3.8) is 0 Å². The first-order chi connectivity index (χ1) is 15.9. The number of nitrogens with zero attached hydrogens (tertiary/aromatic N) is 3. The predicted octanol–water partition coefficient (Wildman–Crippen LogP) is 4.60.